The van der Waals surface area contributed by atoms with Crippen molar-refractivity contribution in [1.29, 1.82) is 0 Å². The second-order valence-corrected chi connectivity index (χ2v) is 6.54. The molecule has 120 valence electrons. The van der Waals surface area contributed by atoms with E-state index in [1.54, 1.807) is 0 Å². The Labute approximate surface area is 127 Å². The molecule has 21 heavy (non-hydrogen) atoms. The minimum atomic E-state index is -0.173. The van der Waals surface area contributed by atoms with Crippen LogP contribution in [-0.2, 0) is 9.59 Å². The van der Waals surface area contributed by atoms with E-state index in [9.17, 15) is 9.59 Å². The number of nitrogens with two attached hydrogens (primary N) is 1. The third-order valence-electron chi connectivity index (χ3n) is 5.03. The highest BCUT2D eigenvalue weighted by atomic mass is 16.2. The molecular weight excluding hydrogens is 266 g/mol. The maximum absolute atomic E-state index is 12.4. The zero-order valence-electron chi connectivity index (χ0n) is 13.3. The van der Waals surface area contributed by atoms with E-state index < -0.39 is 0 Å². The van der Waals surface area contributed by atoms with Crippen LogP contribution in [0, 0.1) is 5.92 Å². The van der Waals surface area contributed by atoms with Crippen molar-refractivity contribution in [2.45, 2.75) is 76.9 Å². The van der Waals surface area contributed by atoms with E-state index in [4.69, 9.17) is 5.73 Å². The first-order valence-corrected chi connectivity index (χ1v) is 8.40. The van der Waals surface area contributed by atoms with E-state index in [0.717, 1.165) is 38.5 Å². The van der Waals surface area contributed by atoms with Crippen molar-refractivity contribution >= 4 is 11.8 Å². The number of hydrogen-bond acceptors (Lipinski definition) is 3. The Balaban J connectivity index is 1.85. The predicted octanol–water partition coefficient (Wildman–Crippen LogP) is 1.41. The molecule has 2 amide bonds. The van der Waals surface area contributed by atoms with E-state index in [1.807, 2.05) is 4.90 Å². The smallest absolute Gasteiger partial charge is 0.225 e. The quantitative estimate of drug-likeness (QED) is 0.805. The fourth-order valence-corrected chi connectivity index (χ4v) is 3.57. The van der Waals surface area contributed by atoms with E-state index in [1.165, 1.54) is 0 Å². The summed E-state index contributed by atoms with van der Waals surface area (Å²) < 4.78 is 0. The van der Waals surface area contributed by atoms with Gasteiger partial charge < -0.3 is 16.0 Å². The molecule has 5 heteroatoms. The van der Waals surface area contributed by atoms with Crippen LogP contribution in [0.25, 0.3) is 0 Å². The Morgan fingerprint density at radius 3 is 2.48 bits per heavy atom. The van der Waals surface area contributed by atoms with Gasteiger partial charge in [-0.3, -0.25) is 9.59 Å². The number of hydrogen-bond donors (Lipinski definition) is 2. The molecule has 1 aliphatic carbocycles. The molecule has 0 aromatic rings. The summed E-state index contributed by atoms with van der Waals surface area (Å²) in [4.78, 5) is 26.4. The van der Waals surface area contributed by atoms with Gasteiger partial charge in [-0.15, -0.1) is 0 Å². The van der Waals surface area contributed by atoms with Gasteiger partial charge in [-0.1, -0.05) is 13.8 Å². The zero-order valence-corrected chi connectivity index (χ0v) is 13.3. The lowest BCUT2D eigenvalue weighted by Crippen LogP contribution is -2.44. The van der Waals surface area contributed by atoms with E-state index in [0.29, 0.717) is 13.0 Å². The standard InChI is InChI=1S/C16H29N3O2/c1-3-14(4-2)19-10-11(9-15(19)20)16(21)18-13-7-5-12(17)6-8-13/h11-14H,3-10,17H2,1-2H3,(H,18,21). The minimum Gasteiger partial charge on any atom is -0.353 e. The Hall–Kier alpha value is -1.10. The summed E-state index contributed by atoms with van der Waals surface area (Å²) in [6.45, 7) is 4.78. The molecule has 0 bridgehead atoms. The Morgan fingerprint density at radius 1 is 1.29 bits per heavy atom. The zero-order chi connectivity index (χ0) is 15.4. The minimum absolute atomic E-state index is 0.0530. The number of rotatable bonds is 5. The molecule has 1 saturated carbocycles. The molecule has 2 rings (SSSR count). The van der Waals surface area contributed by atoms with Gasteiger partial charge in [0, 0.05) is 31.1 Å². The third-order valence-corrected chi connectivity index (χ3v) is 5.03. The van der Waals surface area contributed by atoms with Gasteiger partial charge in [0.15, 0.2) is 0 Å². The highest BCUT2D eigenvalue weighted by Crippen LogP contribution is 2.24. The van der Waals surface area contributed by atoms with Crippen LogP contribution in [-0.4, -0.2) is 41.4 Å². The topological polar surface area (TPSA) is 75.4 Å². The summed E-state index contributed by atoms with van der Waals surface area (Å²) in [5, 5.41) is 3.12. The summed E-state index contributed by atoms with van der Waals surface area (Å²) in [5.74, 6) is 0.0143. The second-order valence-electron chi connectivity index (χ2n) is 6.54. The van der Waals surface area contributed by atoms with Crippen molar-refractivity contribution in [3.8, 4) is 0 Å². The molecule has 2 fully saturated rings. The van der Waals surface area contributed by atoms with Gasteiger partial charge in [-0.05, 0) is 38.5 Å². The largest absolute Gasteiger partial charge is 0.353 e. The van der Waals surface area contributed by atoms with Crippen molar-refractivity contribution in [3.05, 3.63) is 0 Å². The van der Waals surface area contributed by atoms with Crippen molar-refractivity contribution in [3.63, 3.8) is 0 Å². The van der Waals surface area contributed by atoms with Gasteiger partial charge in [0.2, 0.25) is 11.8 Å². The summed E-state index contributed by atoms with van der Waals surface area (Å²) >= 11 is 0. The van der Waals surface area contributed by atoms with Gasteiger partial charge >= 0.3 is 0 Å². The SMILES string of the molecule is CCC(CC)N1CC(C(=O)NC2CCC(N)CC2)CC1=O. The average Bonchev–Trinajstić information content (AvgIpc) is 2.85. The molecule has 1 saturated heterocycles. The maximum Gasteiger partial charge on any atom is 0.225 e. The molecule has 1 aliphatic heterocycles. The van der Waals surface area contributed by atoms with Crippen LogP contribution in [0.4, 0.5) is 0 Å². The fraction of sp³-hybridized carbons (Fsp3) is 0.875. The van der Waals surface area contributed by atoms with Gasteiger partial charge in [0.1, 0.15) is 0 Å². The van der Waals surface area contributed by atoms with Crippen LogP contribution >= 0.6 is 0 Å². The van der Waals surface area contributed by atoms with Crippen LogP contribution in [0.1, 0.15) is 58.8 Å². The molecule has 5 nitrogen and oxygen atoms in total. The van der Waals surface area contributed by atoms with E-state index >= 15 is 0 Å². The lowest BCUT2D eigenvalue weighted by atomic mass is 9.91. The lowest BCUT2D eigenvalue weighted by Gasteiger charge is -2.28. The second kappa shape index (κ2) is 7.25. The predicted molar refractivity (Wildman–Crippen MR) is 82.6 cm³/mol. The monoisotopic (exact) mass is 295 g/mol. The molecule has 0 aromatic carbocycles. The summed E-state index contributed by atoms with van der Waals surface area (Å²) in [6, 6.07) is 0.814. The number of nitrogens with one attached hydrogen (secondary N) is 1. The van der Waals surface area contributed by atoms with Crippen LogP contribution < -0.4 is 11.1 Å². The van der Waals surface area contributed by atoms with Gasteiger partial charge in [-0.2, -0.15) is 0 Å². The number of amides is 2. The maximum atomic E-state index is 12.4. The number of carbonyl (C=O) groups excluding carboxylic acids is 2. The molecule has 2 aliphatic rings. The van der Waals surface area contributed by atoms with Crippen LogP contribution in [0.2, 0.25) is 0 Å². The molecule has 0 radical (unpaired) electrons. The first-order valence-electron chi connectivity index (χ1n) is 8.40. The third kappa shape index (κ3) is 3.96. The summed E-state index contributed by atoms with van der Waals surface area (Å²) in [6.07, 6.45) is 6.17. The molecule has 1 unspecified atom stereocenters. The van der Waals surface area contributed by atoms with Crippen molar-refractivity contribution in [1.82, 2.24) is 10.2 Å². The Bertz CT molecular complexity index is 374. The number of nitrogens with zero attached hydrogens (tertiary/aromatic N) is 1. The lowest BCUT2D eigenvalue weighted by molar-refractivity contribution is -0.130. The summed E-state index contributed by atoms with van der Waals surface area (Å²) in [5.41, 5.74) is 5.89. The highest BCUT2D eigenvalue weighted by molar-refractivity contribution is 5.89. The molecule has 0 spiro atoms. The van der Waals surface area contributed by atoms with Gasteiger partial charge in [-0.25, -0.2) is 0 Å². The van der Waals surface area contributed by atoms with E-state index in [2.05, 4.69) is 19.2 Å². The first kappa shape index (κ1) is 16.3. The molecule has 0 aromatic heterocycles. The van der Waals surface area contributed by atoms with Crippen molar-refractivity contribution < 1.29 is 9.59 Å². The summed E-state index contributed by atoms with van der Waals surface area (Å²) in [7, 11) is 0. The van der Waals surface area contributed by atoms with Gasteiger partial charge in [0.25, 0.3) is 0 Å². The van der Waals surface area contributed by atoms with Gasteiger partial charge in [0.05, 0.1) is 5.92 Å². The first-order chi connectivity index (χ1) is 10.0. The fourth-order valence-electron chi connectivity index (χ4n) is 3.57. The Kier molecular flexibility index (Phi) is 5.62. The average molecular weight is 295 g/mol. The molecular formula is C16H29N3O2. The molecule has 1 atom stereocenters. The van der Waals surface area contributed by atoms with Crippen LogP contribution in [0.5, 0.6) is 0 Å². The molecule has 3 N–H and O–H groups in total. The number of likely N-dealkylation sites (tertiary alicyclic amines) is 1. The normalized spacial score (nSPS) is 30.0. The highest BCUT2D eigenvalue weighted by Gasteiger charge is 2.37. The molecule has 1 heterocycles. The van der Waals surface area contributed by atoms with Crippen LogP contribution in [0.15, 0.2) is 0 Å². The van der Waals surface area contributed by atoms with Crippen molar-refractivity contribution in [2.24, 2.45) is 11.7 Å². The Morgan fingerprint density at radius 2 is 1.90 bits per heavy atom. The van der Waals surface area contributed by atoms with E-state index in [-0.39, 0.29) is 35.9 Å². The number of carbonyl (C=O) groups is 2. The van der Waals surface area contributed by atoms with Crippen molar-refractivity contribution in [2.75, 3.05) is 6.54 Å². The van der Waals surface area contributed by atoms with Crippen LogP contribution in [0.3, 0.4) is 0 Å².